The van der Waals surface area contributed by atoms with Crippen molar-refractivity contribution in [3.8, 4) is 0 Å². The number of unbranched alkanes of at least 4 members (excludes halogenated alkanes) is 1. The highest BCUT2D eigenvalue weighted by Gasteiger charge is 1.97. The van der Waals surface area contributed by atoms with Gasteiger partial charge in [0.05, 0.1) is 9.89 Å². The molecule has 0 atom stereocenters. The molecule has 1 rings (SSSR count). The molecule has 0 amide bonds. The van der Waals surface area contributed by atoms with Gasteiger partial charge < -0.3 is 10.1 Å². The topological polar surface area (TPSA) is 21.3 Å². The van der Waals surface area contributed by atoms with Gasteiger partial charge in [0.25, 0.3) is 0 Å². The van der Waals surface area contributed by atoms with E-state index >= 15 is 0 Å². The first kappa shape index (κ1) is 14.2. The summed E-state index contributed by atoms with van der Waals surface area (Å²) in [5, 5.41) is 5.61. The van der Waals surface area contributed by atoms with Gasteiger partial charge in [-0.25, -0.2) is 0 Å². The van der Waals surface area contributed by atoms with Gasteiger partial charge in [0, 0.05) is 13.2 Å². The molecular formula is C12H20BrNOS. The van der Waals surface area contributed by atoms with Crippen LogP contribution >= 0.6 is 27.3 Å². The van der Waals surface area contributed by atoms with E-state index < -0.39 is 0 Å². The van der Waals surface area contributed by atoms with Gasteiger partial charge in [-0.05, 0) is 66.2 Å². The maximum atomic E-state index is 5.48. The van der Waals surface area contributed by atoms with Crippen molar-refractivity contribution in [2.75, 3.05) is 13.2 Å². The van der Waals surface area contributed by atoms with Crippen LogP contribution in [-0.4, -0.2) is 19.3 Å². The highest BCUT2D eigenvalue weighted by atomic mass is 79.9. The van der Waals surface area contributed by atoms with E-state index in [9.17, 15) is 0 Å². The van der Waals surface area contributed by atoms with E-state index in [0.717, 1.165) is 26.1 Å². The van der Waals surface area contributed by atoms with E-state index in [4.69, 9.17) is 4.74 Å². The summed E-state index contributed by atoms with van der Waals surface area (Å²) < 4.78 is 6.68. The first-order valence-corrected chi connectivity index (χ1v) is 7.41. The standard InChI is InChI=1S/C12H20BrNOS/c1-10(2)15-6-4-3-5-14-8-11-7-12(13)16-9-11/h7,9-10,14H,3-6,8H2,1-2H3. The zero-order valence-corrected chi connectivity index (χ0v) is 12.4. The number of nitrogens with one attached hydrogen (secondary N) is 1. The summed E-state index contributed by atoms with van der Waals surface area (Å²) in [7, 11) is 0. The second kappa shape index (κ2) is 8.23. The maximum Gasteiger partial charge on any atom is 0.0701 e. The van der Waals surface area contributed by atoms with Crippen LogP contribution in [0, 0.1) is 0 Å². The van der Waals surface area contributed by atoms with Gasteiger partial charge in [0.15, 0.2) is 0 Å². The third kappa shape index (κ3) is 6.63. The molecule has 0 saturated heterocycles. The third-order valence-electron chi connectivity index (χ3n) is 2.15. The SMILES string of the molecule is CC(C)OCCCCNCc1csc(Br)c1. The summed E-state index contributed by atoms with van der Waals surface area (Å²) in [5.74, 6) is 0. The van der Waals surface area contributed by atoms with Crippen LogP contribution in [-0.2, 0) is 11.3 Å². The Morgan fingerprint density at radius 2 is 2.25 bits per heavy atom. The normalized spacial score (nSPS) is 11.2. The van der Waals surface area contributed by atoms with E-state index in [2.05, 4.69) is 46.5 Å². The lowest BCUT2D eigenvalue weighted by Crippen LogP contribution is -2.15. The molecule has 1 heterocycles. The molecule has 1 N–H and O–H groups in total. The summed E-state index contributed by atoms with van der Waals surface area (Å²) >= 11 is 5.20. The third-order valence-corrected chi connectivity index (χ3v) is 3.70. The van der Waals surface area contributed by atoms with Crippen LogP contribution in [0.1, 0.15) is 32.3 Å². The van der Waals surface area contributed by atoms with Crippen molar-refractivity contribution in [3.63, 3.8) is 0 Å². The molecule has 0 aliphatic carbocycles. The average Bonchev–Trinajstić information content (AvgIpc) is 2.62. The van der Waals surface area contributed by atoms with Crippen LogP contribution in [0.5, 0.6) is 0 Å². The molecule has 1 aromatic heterocycles. The fraction of sp³-hybridized carbons (Fsp3) is 0.667. The van der Waals surface area contributed by atoms with Crippen LogP contribution in [0.3, 0.4) is 0 Å². The van der Waals surface area contributed by atoms with E-state index in [1.165, 1.54) is 15.8 Å². The monoisotopic (exact) mass is 305 g/mol. The second-order valence-electron chi connectivity index (χ2n) is 4.06. The van der Waals surface area contributed by atoms with Gasteiger partial charge in [-0.15, -0.1) is 11.3 Å². The number of hydrogen-bond acceptors (Lipinski definition) is 3. The van der Waals surface area contributed by atoms with Gasteiger partial charge in [-0.1, -0.05) is 0 Å². The predicted molar refractivity (Wildman–Crippen MR) is 74.0 cm³/mol. The van der Waals surface area contributed by atoms with Crippen LogP contribution < -0.4 is 5.32 Å². The minimum Gasteiger partial charge on any atom is -0.379 e. The van der Waals surface area contributed by atoms with Crippen molar-refractivity contribution in [2.24, 2.45) is 0 Å². The molecule has 0 bridgehead atoms. The van der Waals surface area contributed by atoms with Gasteiger partial charge in [-0.3, -0.25) is 0 Å². The van der Waals surface area contributed by atoms with Crippen LogP contribution in [0.2, 0.25) is 0 Å². The van der Waals surface area contributed by atoms with Crippen LogP contribution in [0.25, 0.3) is 0 Å². The summed E-state index contributed by atoms with van der Waals surface area (Å²) in [6.45, 7) is 7.06. The van der Waals surface area contributed by atoms with Crippen molar-refractivity contribution >= 4 is 27.3 Å². The Hall–Kier alpha value is 0.100. The molecule has 0 fully saturated rings. The zero-order chi connectivity index (χ0) is 11.8. The second-order valence-corrected chi connectivity index (χ2v) is 6.35. The number of rotatable bonds is 8. The predicted octanol–water partition coefficient (Wildman–Crippen LogP) is 3.81. The van der Waals surface area contributed by atoms with Crippen LogP contribution in [0.4, 0.5) is 0 Å². The van der Waals surface area contributed by atoms with Gasteiger partial charge in [0.2, 0.25) is 0 Å². The molecular weight excluding hydrogens is 286 g/mol. The van der Waals surface area contributed by atoms with E-state index in [1.807, 2.05) is 0 Å². The van der Waals surface area contributed by atoms with E-state index in [-0.39, 0.29) is 0 Å². The fourth-order valence-electron chi connectivity index (χ4n) is 1.34. The molecule has 0 aliphatic heterocycles. The first-order valence-electron chi connectivity index (χ1n) is 5.73. The Balaban J connectivity index is 1.92. The summed E-state index contributed by atoms with van der Waals surface area (Å²) in [4.78, 5) is 0. The zero-order valence-electron chi connectivity index (χ0n) is 9.96. The Morgan fingerprint density at radius 3 is 2.88 bits per heavy atom. The molecule has 0 unspecified atom stereocenters. The van der Waals surface area contributed by atoms with Gasteiger partial charge in [-0.2, -0.15) is 0 Å². The van der Waals surface area contributed by atoms with Crippen LogP contribution in [0.15, 0.2) is 15.2 Å². The lowest BCUT2D eigenvalue weighted by atomic mass is 10.3. The lowest BCUT2D eigenvalue weighted by Gasteiger charge is -2.07. The number of thiophene rings is 1. The number of hydrogen-bond donors (Lipinski definition) is 1. The average molecular weight is 306 g/mol. The molecule has 16 heavy (non-hydrogen) atoms. The number of ether oxygens (including phenoxy) is 1. The molecule has 0 aromatic carbocycles. The highest BCUT2D eigenvalue weighted by molar-refractivity contribution is 9.11. The van der Waals surface area contributed by atoms with Crippen molar-refractivity contribution in [2.45, 2.75) is 39.3 Å². The minimum absolute atomic E-state index is 0.358. The Kier molecular flexibility index (Phi) is 7.28. The Morgan fingerprint density at radius 1 is 1.44 bits per heavy atom. The molecule has 1 aromatic rings. The number of halogens is 1. The molecule has 0 radical (unpaired) electrons. The minimum atomic E-state index is 0.358. The van der Waals surface area contributed by atoms with Crippen molar-refractivity contribution in [1.82, 2.24) is 5.32 Å². The van der Waals surface area contributed by atoms with E-state index in [0.29, 0.717) is 6.10 Å². The summed E-state index contributed by atoms with van der Waals surface area (Å²) in [5.41, 5.74) is 1.36. The quantitative estimate of drug-likeness (QED) is 0.738. The van der Waals surface area contributed by atoms with Crippen molar-refractivity contribution in [1.29, 1.82) is 0 Å². The molecule has 4 heteroatoms. The Labute approximate surface area is 111 Å². The van der Waals surface area contributed by atoms with Crippen molar-refractivity contribution in [3.05, 3.63) is 20.8 Å². The van der Waals surface area contributed by atoms with Gasteiger partial charge >= 0.3 is 0 Å². The molecule has 0 aliphatic rings. The van der Waals surface area contributed by atoms with Crippen molar-refractivity contribution < 1.29 is 4.74 Å². The molecule has 0 spiro atoms. The lowest BCUT2D eigenvalue weighted by molar-refractivity contribution is 0.0760. The van der Waals surface area contributed by atoms with E-state index in [1.54, 1.807) is 11.3 Å². The summed E-state index contributed by atoms with van der Waals surface area (Å²) in [6, 6.07) is 2.17. The fourth-order valence-corrected chi connectivity index (χ4v) is 2.55. The first-order chi connectivity index (χ1) is 7.68. The maximum absolute atomic E-state index is 5.48. The largest absolute Gasteiger partial charge is 0.379 e. The molecule has 0 saturated carbocycles. The molecule has 92 valence electrons. The molecule has 2 nitrogen and oxygen atoms in total. The smallest absolute Gasteiger partial charge is 0.0701 e. The Bertz CT molecular complexity index is 288. The summed E-state index contributed by atoms with van der Waals surface area (Å²) in [6.07, 6.45) is 2.67. The van der Waals surface area contributed by atoms with Gasteiger partial charge in [0.1, 0.15) is 0 Å². The highest BCUT2D eigenvalue weighted by Crippen LogP contribution is 2.20.